The molecule has 0 bridgehead atoms. The molecule has 2 aromatic heterocycles. The summed E-state index contributed by atoms with van der Waals surface area (Å²) in [5.74, 6) is -1.05. The van der Waals surface area contributed by atoms with E-state index in [0.717, 1.165) is 26.9 Å². The number of carbonyl (C=O) groups is 1. The number of carboxylic acids is 1. The van der Waals surface area contributed by atoms with Crippen LogP contribution in [0.15, 0.2) is 21.7 Å². The first kappa shape index (κ1) is 16.5. The van der Waals surface area contributed by atoms with Crippen LogP contribution in [0.1, 0.15) is 5.01 Å². The number of rotatable bonds is 4. The Hall–Kier alpha value is -1.33. The summed E-state index contributed by atoms with van der Waals surface area (Å²) >= 11 is 2.67. The third-order valence-corrected chi connectivity index (χ3v) is 7.70. The largest absolute Gasteiger partial charge is 0.480 e. The standard InChI is InChI=1S/C13H15N3O4S3/c1-8-15-10(7-21-8)11-2-3-12(22-11)23(19,20)16-5-4-14-9(6-16)13(17)18/h2-3,7,9,14H,4-6H2,1H3,(H,17,18). The SMILES string of the molecule is Cc1nc(-c2ccc(S(=O)(=O)N3CCNC(C(=O)O)C3)s2)cs1. The van der Waals surface area contributed by atoms with E-state index in [0.29, 0.717) is 6.54 Å². The van der Waals surface area contributed by atoms with Crippen LogP contribution in [-0.2, 0) is 14.8 Å². The second-order valence-electron chi connectivity index (χ2n) is 5.08. The highest BCUT2D eigenvalue weighted by molar-refractivity contribution is 7.91. The molecule has 1 saturated heterocycles. The van der Waals surface area contributed by atoms with Gasteiger partial charge in [-0.2, -0.15) is 4.31 Å². The molecule has 3 rings (SSSR count). The van der Waals surface area contributed by atoms with E-state index >= 15 is 0 Å². The van der Waals surface area contributed by atoms with Crippen LogP contribution in [0.3, 0.4) is 0 Å². The zero-order chi connectivity index (χ0) is 16.6. The molecule has 0 radical (unpaired) electrons. The predicted molar refractivity (Wildman–Crippen MR) is 88.3 cm³/mol. The number of nitrogens with zero attached hydrogens (tertiary/aromatic N) is 2. The molecule has 7 nitrogen and oxygen atoms in total. The van der Waals surface area contributed by atoms with Gasteiger partial charge in [-0.15, -0.1) is 22.7 Å². The van der Waals surface area contributed by atoms with Gasteiger partial charge in [-0.25, -0.2) is 13.4 Å². The number of nitrogens with one attached hydrogen (secondary N) is 1. The molecule has 1 atom stereocenters. The van der Waals surface area contributed by atoms with Crippen LogP contribution < -0.4 is 5.32 Å². The molecule has 1 unspecified atom stereocenters. The molecule has 2 aromatic rings. The third kappa shape index (κ3) is 3.31. The Morgan fingerprint density at radius 2 is 2.26 bits per heavy atom. The van der Waals surface area contributed by atoms with Crippen molar-refractivity contribution in [2.45, 2.75) is 17.2 Å². The Labute approximate surface area is 141 Å². The normalized spacial score (nSPS) is 19.8. The maximum Gasteiger partial charge on any atom is 0.322 e. The van der Waals surface area contributed by atoms with Crippen molar-refractivity contribution in [2.24, 2.45) is 0 Å². The fraction of sp³-hybridized carbons (Fsp3) is 0.385. The Kier molecular flexibility index (Phi) is 4.52. The number of piperazine rings is 1. The van der Waals surface area contributed by atoms with Gasteiger partial charge in [0.15, 0.2) is 0 Å². The highest BCUT2D eigenvalue weighted by Gasteiger charge is 2.33. The molecule has 0 aliphatic carbocycles. The fourth-order valence-corrected chi connectivity index (χ4v) is 5.87. The van der Waals surface area contributed by atoms with Gasteiger partial charge in [0.2, 0.25) is 0 Å². The molecule has 1 fully saturated rings. The summed E-state index contributed by atoms with van der Waals surface area (Å²) in [5, 5.41) is 14.7. The van der Waals surface area contributed by atoms with E-state index in [1.54, 1.807) is 12.1 Å². The van der Waals surface area contributed by atoms with Crippen molar-refractivity contribution in [3.63, 3.8) is 0 Å². The van der Waals surface area contributed by atoms with Gasteiger partial charge in [0.25, 0.3) is 10.0 Å². The monoisotopic (exact) mass is 373 g/mol. The molecule has 2 N–H and O–H groups in total. The maximum atomic E-state index is 12.7. The maximum absolute atomic E-state index is 12.7. The topological polar surface area (TPSA) is 99.6 Å². The van der Waals surface area contributed by atoms with Crippen LogP contribution in [0, 0.1) is 6.92 Å². The van der Waals surface area contributed by atoms with Crippen LogP contribution in [0.25, 0.3) is 10.6 Å². The molecule has 0 amide bonds. The van der Waals surface area contributed by atoms with Crippen molar-refractivity contribution >= 4 is 38.7 Å². The van der Waals surface area contributed by atoms with Gasteiger partial charge in [0, 0.05) is 25.0 Å². The minimum Gasteiger partial charge on any atom is -0.480 e. The number of thiophene rings is 1. The lowest BCUT2D eigenvalue weighted by Gasteiger charge is -2.30. The van der Waals surface area contributed by atoms with Crippen LogP contribution >= 0.6 is 22.7 Å². The molecule has 0 aromatic carbocycles. The van der Waals surface area contributed by atoms with Gasteiger partial charge in [-0.1, -0.05) is 0 Å². The van der Waals surface area contributed by atoms with Gasteiger partial charge in [0.1, 0.15) is 10.3 Å². The van der Waals surface area contributed by atoms with Gasteiger partial charge >= 0.3 is 5.97 Å². The third-order valence-electron chi connectivity index (χ3n) is 3.48. The van der Waals surface area contributed by atoms with E-state index in [-0.39, 0.29) is 17.3 Å². The average molecular weight is 373 g/mol. The van der Waals surface area contributed by atoms with Crippen LogP contribution in [0.2, 0.25) is 0 Å². The minimum atomic E-state index is -3.68. The van der Waals surface area contributed by atoms with E-state index < -0.39 is 22.0 Å². The van der Waals surface area contributed by atoms with E-state index in [1.165, 1.54) is 15.6 Å². The number of hydrogen-bond acceptors (Lipinski definition) is 7. The summed E-state index contributed by atoms with van der Waals surface area (Å²) in [5.41, 5.74) is 0.766. The second-order valence-corrected chi connectivity index (χ2v) is 9.39. The van der Waals surface area contributed by atoms with Gasteiger partial charge < -0.3 is 10.4 Å². The zero-order valence-corrected chi connectivity index (χ0v) is 14.7. The first-order valence-corrected chi connectivity index (χ1v) is 10.0. The number of aryl methyl sites for hydroxylation is 1. The van der Waals surface area contributed by atoms with Crippen molar-refractivity contribution in [1.29, 1.82) is 0 Å². The van der Waals surface area contributed by atoms with E-state index in [1.807, 2.05) is 12.3 Å². The quantitative estimate of drug-likeness (QED) is 0.836. The summed E-state index contributed by atoms with van der Waals surface area (Å²) in [6.07, 6.45) is 0. The number of thiazole rings is 1. The number of sulfonamides is 1. The molecular weight excluding hydrogens is 358 g/mol. The van der Waals surface area contributed by atoms with E-state index in [9.17, 15) is 13.2 Å². The average Bonchev–Trinajstić information content (AvgIpc) is 3.16. The second kappa shape index (κ2) is 6.29. The fourth-order valence-electron chi connectivity index (χ4n) is 2.31. The van der Waals surface area contributed by atoms with E-state index in [4.69, 9.17) is 5.11 Å². The highest BCUT2D eigenvalue weighted by atomic mass is 32.2. The van der Waals surface area contributed by atoms with Crippen molar-refractivity contribution < 1.29 is 18.3 Å². The molecule has 1 aliphatic heterocycles. The molecular formula is C13H15N3O4S3. The van der Waals surface area contributed by atoms with Crippen molar-refractivity contribution in [3.8, 4) is 10.6 Å². The first-order chi connectivity index (χ1) is 10.9. The molecule has 23 heavy (non-hydrogen) atoms. The minimum absolute atomic E-state index is 0.0687. The highest BCUT2D eigenvalue weighted by Crippen LogP contribution is 2.33. The smallest absolute Gasteiger partial charge is 0.322 e. The molecule has 3 heterocycles. The van der Waals surface area contributed by atoms with Gasteiger partial charge in [0.05, 0.1) is 15.6 Å². The van der Waals surface area contributed by atoms with E-state index in [2.05, 4.69) is 10.3 Å². The summed E-state index contributed by atoms with van der Waals surface area (Å²) in [6, 6.07) is 2.42. The number of carboxylic acid groups (broad SMARTS) is 1. The Morgan fingerprint density at radius 3 is 2.91 bits per heavy atom. The van der Waals surface area contributed by atoms with Crippen molar-refractivity contribution in [3.05, 3.63) is 22.5 Å². The summed E-state index contributed by atoms with van der Waals surface area (Å²) in [6.45, 7) is 2.40. The first-order valence-electron chi connectivity index (χ1n) is 6.86. The van der Waals surface area contributed by atoms with Crippen molar-refractivity contribution in [1.82, 2.24) is 14.6 Å². The lowest BCUT2D eigenvalue weighted by atomic mass is 10.2. The van der Waals surface area contributed by atoms with Gasteiger partial charge in [-0.05, 0) is 19.1 Å². The number of aliphatic carboxylic acids is 1. The Morgan fingerprint density at radius 1 is 1.48 bits per heavy atom. The summed E-state index contributed by atoms with van der Waals surface area (Å²) in [4.78, 5) is 16.2. The van der Waals surface area contributed by atoms with Crippen LogP contribution in [0.4, 0.5) is 0 Å². The molecule has 10 heteroatoms. The molecule has 0 saturated carbocycles. The van der Waals surface area contributed by atoms with Crippen LogP contribution in [0.5, 0.6) is 0 Å². The lowest BCUT2D eigenvalue weighted by Crippen LogP contribution is -2.55. The van der Waals surface area contributed by atoms with Gasteiger partial charge in [-0.3, -0.25) is 4.79 Å². The molecule has 0 spiro atoms. The van der Waals surface area contributed by atoms with Crippen LogP contribution in [-0.4, -0.2) is 54.5 Å². The Balaban J connectivity index is 1.85. The molecule has 1 aliphatic rings. The lowest BCUT2D eigenvalue weighted by molar-refractivity contribution is -0.140. The van der Waals surface area contributed by atoms with Crippen molar-refractivity contribution in [2.75, 3.05) is 19.6 Å². The predicted octanol–water partition coefficient (Wildman–Crippen LogP) is 1.23. The number of aromatic nitrogens is 1. The zero-order valence-electron chi connectivity index (χ0n) is 12.2. The number of hydrogen-bond donors (Lipinski definition) is 2. The summed E-state index contributed by atoms with van der Waals surface area (Å²) in [7, 11) is -3.68. The summed E-state index contributed by atoms with van der Waals surface area (Å²) < 4.78 is 26.8. The Bertz CT molecular complexity index is 827. The molecule has 124 valence electrons.